The Hall–Kier alpha value is -2.34. The van der Waals surface area contributed by atoms with E-state index in [1.807, 2.05) is 0 Å². The van der Waals surface area contributed by atoms with Crippen LogP contribution in [0, 0.1) is 6.92 Å². The number of anilines is 1. The van der Waals surface area contributed by atoms with Crippen molar-refractivity contribution in [3.8, 4) is 5.75 Å². The Morgan fingerprint density at radius 1 is 1.22 bits per heavy atom. The Kier molecular flexibility index (Phi) is 5.76. The van der Waals surface area contributed by atoms with E-state index in [1.54, 1.807) is 37.3 Å². The number of nitrogens with one attached hydrogen (secondary N) is 2. The predicted molar refractivity (Wildman–Crippen MR) is 85.1 cm³/mol. The van der Waals surface area contributed by atoms with E-state index in [2.05, 4.69) is 15.4 Å². The van der Waals surface area contributed by atoms with Crippen molar-refractivity contribution in [2.75, 3.05) is 5.32 Å². The number of hydrogen-bond acceptors (Lipinski definition) is 2. The van der Waals surface area contributed by atoms with E-state index in [0.29, 0.717) is 22.8 Å². The minimum Gasteiger partial charge on any atom is -0.434 e. The Labute approximate surface area is 137 Å². The second kappa shape index (κ2) is 7.78. The number of carbonyl (C=O) groups excluding carboxylic acids is 1. The van der Waals surface area contributed by atoms with Gasteiger partial charge in [-0.1, -0.05) is 29.8 Å². The van der Waals surface area contributed by atoms with Gasteiger partial charge in [0.15, 0.2) is 0 Å². The molecule has 0 spiro atoms. The van der Waals surface area contributed by atoms with Gasteiger partial charge in [0.05, 0.1) is 0 Å². The number of halogens is 3. The highest BCUT2D eigenvalue weighted by Gasteiger charge is 2.11. The van der Waals surface area contributed by atoms with Gasteiger partial charge in [-0.3, -0.25) is 0 Å². The standard InChI is InChI=1S/C16H15ClF2N2O2/c1-10-13(3-2-4-14(10)23-15(18)19)21-16(22)20-9-11-5-7-12(17)8-6-11/h2-8,15H,9H2,1H3,(H2,20,21,22). The van der Waals surface area contributed by atoms with E-state index >= 15 is 0 Å². The van der Waals surface area contributed by atoms with Crippen LogP contribution in [-0.4, -0.2) is 12.6 Å². The highest BCUT2D eigenvalue weighted by molar-refractivity contribution is 6.30. The van der Waals surface area contributed by atoms with Crippen LogP contribution < -0.4 is 15.4 Å². The Balaban J connectivity index is 1.96. The van der Waals surface area contributed by atoms with E-state index in [9.17, 15) is 13.6 Å². The fraction of sp³-hybridized carbons (Fsp3) is 0.188. The molecule has 0 radical (unpaired) electrons. The highest BCUT2D eigenvalue weighted by atomic mass is 35.5. The van der Waals surface area contributed by atoms with Gasteiger partial charge in [-0.25, -0.2) is 4.79 Å². The van der Waals surface area contributed by atoms with E-state index in [0.717, 1.165) is 5.56 Å². The summed E-state index contributed by atoms with van der Waals surface area (Å²) in [5.74, 6) is 0.0236. The lowest BCUT2D eigenvalue weighted by Gasteiger charge is -2.13. The van der Waals surface area contributed by atoms with E-state index in [-0.39, 0.29) is 5.75 Å². The normalized spacial score (nSPS) is 10.5. The quantitative estimate of drug-likeness (QED) is 0.837. The second-order valence-corrected chi connectivity index (χ2v) is 5.18. The molecule has 122 valence electrons. The molecule has 2 amide bonds. The lowest BCUT2D eigenvalue weighted by atomic mass is 10.2. The summed E-state index contributed by atoms with van der Waals surface area (Å²) in [6.45, 7) is -1.01. The van der Waals surface area contributed by atoms with Crippen LogP contribution in [0.15, 0.2) is 42.5 Å². The number of urea groups is 1. The summed E-state index contributed by atoms with van der Waals surface area (Å²) < 4.78 is 29.0. The van der Waals surface area contributed by atoms with Crippen molar-refractivity contribution in [2.45, 2.75) is 20.1 Å². The van der Waals surface area contributed by atoms with Crippen molar-refractivity contribution < 1.29 is 18.3 Å². The molecule has 0 aliphatic heterocycles. The number of carbonyl (C=O) groups is 1. The van der Waals surface area contributed by atoms with Crippen molar-refractivity contribution in [3.05, 3.63) is 58.6 Å². The van der Waals surface area contributed by atoms with Crippen molar-refractivity contribution in [2.24, 2.45) is 0 Å². The summed E-state index contributed by atoms with van der Waals surface area (Å²) in [6.07, 6.45) is 0. The Morgan fingerprint density at radius 2 is 1.91 bits per heavy atom. The van der Waals surface area contributed by atoms with Crippen LogP contribution in [0.3, 0.4) is 0 Å². The van der Waals surface area contributed by atoms with Gasteiger partial charge in [0, 0.05) is 22.8 Å². The molecule has 2 N–H and O–H groups in total. The van der Waals surface area contributed by atoms with Gasteiger partial charge >= 0.3 is 12.6 Å². The third kappa shape index (κ3) is 5.10. The maximum atomic E-state index is 12.3. The number of rotatable bonds is 5. The first-order valence-electron chi connectivity index (χ1n) is 6.79. The van der Waals surface area contributed by atoms with Crippen molar-refractivity contribution in [3.63, 3.8) is 0 Å². The summed E-state index contributed by atoms with van der Waals surface area (Å²) in [7, 11) is 0. The van der Waals surface area contributed by atoms with Crippen LogP contribution >= 0.6 is 11.6 Å². The summed E-state index contributed by atoms with van der Waals surface area (Å²) in [5.41, 5.74) is 1.71. The molecule has 0 bridgehead atoms. The summed E-state index contributed by atoms with van der Waals surface area (Å²) in [5, 5.41) is 5.89. The lowest BCUT2D eigenvalue weighted by Crippen LogP contribution is -2.28. The topological polar surface area (TPSA) is 50.4 Å². The molecule has 2 rings (SSSR count). The third-order valence-corrected chi connectivity index (χ3v) is 3.37. The largest absolute Gasteiger partial charge is 0.434 e. The number of amides is 2. The van der Waals surface area contributed by atoms with E-state index in [1.165, 1.54) is 12.1 Å². The molecule has 0 saturated heterocycles. The zero-order chi connectivity index (χ0) is 16.8. The molecular formula is C16H15ClF2N2O2. The van der Waals surface area contributed by atoms with Gasteiger partial charge in [0.25, 0.3) is 0 Å². The Bertz CT molecular complexity index is 678. The number of alkyl halides is 2. The maximum Gasteiger partial charge on any atom is 0.387 e. The molecule has 2 aromatic rings. The SMILES string of the molecule is Cc1c(NC(=O)NCc2ccc(Cl)cc2)cccc1OC(F)F. The van der Waals surface area contributed by atoms with Crippen molar-refractivity contribution in [1.29, 1.82) is 0 Å². The first-order valence-corrected chi connectivity index (χ1v) is 7.17. The smallest absolute Gasteiger partial charge is 0.387 e. The molecule has 23 heavy (non-hydrogen) atoms. The van der Waals surface area contributed by atoms with Crippen LogP contribution in [0.2, 0.25) is 5.02 Å². The van der Waals surface area contributed by atoms with Crippen molar-refractivity contribution in [1.82, 2.24) is 5.32 Å². The van der Waals surface area contributed by atoms with Gasteiger partial charge in [-0.2, -0.15) is 8.78 Å². The molecule has 2 aromatic carbocycles. The van der Waals surface area contributed by atoms with E-state index < -0.39 is 12.6 Å². The fourth-order valence-electron chi connectivity index (χ4n) is 1.92. The highest BCUT2D eigenvalue weighted by Crippen LogP contribution is 2.26. The first-order chi connectivity index (χ1) is 11.0. The molecule has 0 aromatic heterocycles. The fourth-order valence-corrected chi connectivity index (χ4v) is 2.05. The van der Waals surface area contributed by atoms with Crippen LogP contribution in [0.4, 0.5) is 19.3 Å². The number of benzene rings is 2. The molecule has 0 heterocycles. The minimum absolute atomic E-state index is 0.0236. The summed E-state index contributed by atoms with van der Waals surface area (Å²) in [4.78, 5) is 11.9. The summed E-state index contributed by atoms with van der Waals surface area (Å²) in [6, 6.07) is 11.2. The monoisotopic (exact) mass is 340 g/mol. The first kappa shape index (κ1) is 17.0. The lowest BCUT2D eigenvalue weighted by molar-refractivity contribution is -0.0502. The molecule has 0 aliphatic rings. The predicted octanol–water partition coefficient (Wildman–Crippen LogP) is 4.57. The zero-order valence-electron chi connectivity index (χ0n) is 12.3. The molecule has 4 nitrogen and oxygen atoms in total. The molecule has 0 fully saturated rings. The van der Waals surface area contributed by atoms with Gasteiger partial charge < -0.3 is 15.4 Å². The Morgan fingerprint density at radius 3 is 2.57 bits per heavy atom. The average Bonchev–Trinajstić information content (AvgIpc) is 2.50. The van der Waals surface area contributed by atoms with Gasteiger partial charge in [-0.15, -0.1) is 0 Å². The molecule has 0 unspecified atom stereocenters. The molecular weight excluding hydrogens is 326 g/mol. The van der Waals surface area contributed by atoms with Crippen LogP contribution in [0.1, 0.15) is 11.1 Å². The van der Waals surface area contributed by atoms with Gasteiger partial charge in [-0.05, 0) is 36.8 Å². The number of hydrogen-bond donors (Lipinski definition) is 2. The maximum absolute atomic E-state index is 12.3. The molecule has 0 aliphatic carbocycles. The third-order valence-electron chi connectivity index (χ3n) is 3.11. The van der Waals surface area contributed by atoms with Crippen molar-refractivity contribution >= 4 is 23.3 Å². The van der Waals surface area contributed by atoms with Gasteiger partial charge in [0.2, 0.25) is 0 Å². The molecule has 0 atom stereocenters. The minimum atomic E-state index is -2.91. The van der Waals surface area contributed by atoms with Gasteiger partial charge in [0.1, 0.15) is 5.75 Å². The summed E-state index contributed by atoms with van der Waals surface area (Å²) >= 11 is 5.78. The average molecular weight is 341 g/mol. The zero-order valence-corrected chi connectivity index (χ0v) is 13.0. The van der Waals surface area contributed by atoms with Crippen LogP contribution in [0.25, 0.3) is 0 Å². The van der Waals surface area contributed by atoms with Crippen LogP contribution in [-0.2, 0) is 6.54 Å². The molecule has 7 heteroatoms. The number of ether oxygens (including phenoxy) is 1. The van der Waals surface area contributed by atoms with E-state index in [4.69, 9.17) is 11.6 Å². The second-order valence-electron chi connectivity index (χ2n) is 4.74. The van der Waals surface area contributed by atoms with Crippen LogP contribution in [0.5, 0.6) is 5.75 Å². The molecule has 0 saturated carbocycles.